The molecule has 0 aliphatic carbocycles. The van der Waals surface area contributed by atoms with Gasteiger partial charge < -0.3 is 5.32 Å². The van der Waals surface area contributed by atoms with Gasteiger partial charge in [-0.05, 0) is 25.9 Å². The Morgan fingerprint density at radius 3 is 2.05 bits per heavy atom. The van der Waals surface area contributed by atoms with Gasteiger partial charge in [0, 0.05) is 19.2 Å². The predicted octanol–water partition coefficient (Wildman–Crippen LogP) is 1.62. The standard InChI is InChI=1S/C12H14F4N2O2S/c1-18(7-2-4-17-5-3-7)21(19,20)12-10(15)8(13)6-9(14)11(12)16/h6-7,17H,2-5H2,1H3. The van der Waals surface area contributed by atoms with Gasteiger partial charge in [0.1, 0.15) is 0 Å². The van der Waals surface area contributed by atoms with Gasteiger partial charge in [0.2, 0.25) is 10.0 Å². The molecule has 118 valence electrons. The minimum Gasteiger partial charge on any atom is -0.317 e. The maximum atomic E-state index is 13.7. The molecule has 1 heterocycles. The molecule has 1 saturated heterocycles. The van der Waals surface area contributed by atoms with Gasteiger partial charge in [-0.2, -0.15) is 4.31 Å². The average Bonchev–Trinajstić information content (AvgIpc) is 2.45. The fourth-order valence-electron chi connectivity index (χ4n) is 2.29. The summed E-state index contributed by atoms with van der Waals surface area (Å²) in [5, 5.41) is 3.01. The number of halogens is 4. The van der Waals surface area contributed by atoms with Crippen molar-refractivity contribution in [1.82, 2.24) is 9.62 Å². The number of nitrogens with zero attached hydrogens (tertiary/aromatic N) is 1. The third-order valence-corrected chi connectivity index (χ3v) is 5.46. The smallest absolute Gasteiger partial charge is 0.249 e. The highest BCUT2D eigenvalue weighted by atomic mass is 32.2. The van der Waals surface area contributed by atoms with Crippen LogP contribution >= 0.6 is 0 Å². The zero-order chi connectivity index (χ0) is 15.8. The van der Waals surface area contributed by atoms with Crippen molar-refractivity contribution < 1.29 is 26.0 Å². The molecule has 0 amide bonds. The molecule has 1 aliphatic heterocycles. The van der Waals surface area contributed by atoms with Crippen molar-refractivity contribution in [1.29, 1.82) is 0 Å². The van der Waals surface area contributed by atoms with Gasteiger partial charge in [0.25, 0.3) is 0 Å². The average molecular weight is 326 g/mol. The van der Waals surface area contributed by atoms with Crippen molar-refractivity contribution in [2.45, 2.75) is 23.8 Å². The second-order valence-corrected chi connectivity index (χ2v) is 6.73. The van der Waals surface area contributed by atoms with Crippen LogP contribution in [0.5, 0.6) is 0 Å². The quantitative estimate of drug-likeness (QED) is 0.678. The number of nitrogens with one attached hydrogen (secondary N) is 1. The Bertz CT molecular complexity index is 619. The second kappa shape index (κ2) is 5.90. The lowest BCUT2D eigenvalue weighted by Crippen LogP contribution is -2.44. The first kappa shape index (κ1) is 16.2. The van der Waals surface area contributed by atoms with Crippen LogP contribution in [0, 0.1) is 23.3 Å². The molecule has 0 unspecified atom stereocenters. The first-order valence-electron chi connectivity index (χ1n) is 6.28. The van der Waals surface area contributed by atoms with E-state index < -0.39 is 44.2 Å². The summed E-state index contributed by atoms with van der Waals surface area (Å²) >= 11 is 0. The number of hydrogen-bond acceptors (Lipinski definition) is 3. The molecule has 4 nitrogen and oxygen atoms in total. The maximum Gasteiger partial charge on any atom is 0.249 e. The number of piperidine rings is 1. The van der Waals surface area contributed by atoms with Gasteiger partial charge in [-0.3, -0.25) is 0 Å². The molecule has 1 fully saturated rings. The fourth-order valence-corrected chi connectivity index (χ4v) is 3.83. The minimum absolute atomic E-state index is 0.0196. The third-order valence-electron chi connectivity index (χ3n) is 3.53. The van der Waals surface area contributed by atoms with Crippen molar-refractivity contribution in [2.75, 3.05) is 20.1 Å². The fraction of sp³-hybridized carbons (Fsp3) is 0.500. The van der Waals surface area contributed by atoms with Crippen LogP contribution in [0.2, 0.25) is 0 Å². The monoisotopic (exact) mass is 326 g/mol. The topological polar surface area (TPSA) is 49.4 Å². The summed E-state index contributed by atoms with van der Waals surface area (Å²) in [6.45, 7) is 1.10. The van der Waals surface area contributed by atoms with E-state index in [0.717, 1.165) is 11.4 Å². The molecular weight excluding hydrogens is 312 g/mol. The molecule has 1 aromatic carbocycles. The van der Waals surface area contributed by atoms with Crippen LogP contribution in [0.3, 0.4) is 0 Å². The summed E-state index contributed by atoms with van der Waals surface area (Å²) in [4.78, 5) is -1.58. The van der Waals surface area contributed by atoms with E-state index in [1.165, 1.54) is 0 Å². The lowest BCUT2D eigenvalue weighted by Gasteiger charge is -2.31. The van der Waals surface area contributed by atoms with Crippen molar-refractivity contribution in [3.05, 3.63) is 29.3 Å². The lowest BCUT2D eigenvalue weighted by atomic mass is 10.1. The Hall–Kier alpha value is -1.19. The second-order valence-electron chi connectivity index (χ2n) is 4.80. The summed E-state index contributed by atoms with van der Waals surface area (Å²) in [5.74, 6) is -7.30. The summed E-state index contributed by atoms with van der Waals surface area (Å²) in [5.41, 5.74) is 0. The van der Waals surface area contributed by atoms with Crippen molar-refractivity contribution in [3.63, 3.8) is 0 Å². The number of hydrogen-bond donors (Lipinski definition) is 1. The largest absolute Gasteiger partial charge is 0.317 e. The van der Waals surface area contributed by atoms with E-state index in [2.05, 4.69) is 5.32 Å². The van der Waals surface area contributed by atoms with Gasteiger partial charge in [0.15, 0.2) is 28.2 Å². The van der Waals surface area contributed by atoms with E-state index in [0.29, 0.717) is 25.9 Å². The molecule has 2 rings (SSSR count). The molecule has 0 radical (unpaired) electrons. The molecule has 9 heteroatoms. The molecule has 21 heavy (non-hydrogen) atoms. The normalized spacial score (nSPS) is 17.4. The summed E-state index contributed by atoms with van der Waals surface area (Å²) in [7, 11) is -3.52. The molecule has 1 aliphatic rings. The van der Waals surface area contributed by atoms with Crippen LogP contribution in [-0.4, -0.2) is 38.9 Å². The molecule has 0 bridgehead atoms. The van der Waals surface area contributed by atoms with Gasteiger partial charge in [-0.15, -0.1) is 0 Å². The van der Waals surface area contributed by atoms with Crippen LogP contribution in [0.4, 0.5) is 17.6 Å². The molecule has 0 aromatic heterocycles. The molecule has 1 N–H and O–H groups in total. The van der Waals surface area contributed by atoms with Crippen molar-refractivity contribution >= 4 is 10.0 Å². The van der Waals surface area contributed by atoms with Gasteiger partial charge in [-0.25, -0.2) is 26.0 Å². The zero-order valence-electron chi connectivity index (χ0n) is 11.2. The van der Waals surface area contributed by atoms with Crippen LogP contribution in [0.1, 0.15) is 12.8 Å². The Morgan fingerprint density at radius 2 is 1.57 bits per heavy atom. The van der Waals surface area contributed by atoms with Crippen molar-refractivity contribution in [2.24, 2.45) is 0 Å². The van der Waals surface area contributed by atoms with E-state index in [9.17, 15) is 26.0 Å². The maximum absolute atomic E-state index is 13.7. The predicted molar refractivity (Wildman–Crippen MR) is 67.1 cm³/mol. The Kier molecular flexibility index (Phi) is 4.54. The van der Waals surface area contributed by atoms with Crippen LogP contribution in [-0.2, 0) is 10.0 Å². The first-order chi connectivity index (χ1) is 9.76. The number of benzene rings is 1. The highest BCUT2D eigenvalue weighted by molar-refractivity contribution is 7.89. The summed E-state index contributed by atoms with van der Waals surface area (Å²) in [6.07, 6.45) is 0.882. The van der Waals surface area contributed by atoms with Crippen molar-refractivity contribution in [3.8, 4) is 0 Å². The highest BCUT2D eigenvalue weighted by Crippen LogP contribution is 2.28. The van der Waals surface area contributed by atoms with Gasteiger partial charge in [0.05, 0.1) is 0 Å². The molecule has 0 atom stereocenters. The van der Waals surface area contributed by atoms with Gasteiger partial charge >= 0.3 is 0 Å². The van der Waals surface area contributed by atoms with E-state index in [-0.39, 0.29) is 6.07 Å². The Balaban J connectivity index is 2.49. The number of rotatable bonds is 3. The van der Waals surface area contributed by atoms with Crippen LogP contribution < -0.4 is 5.32 Å². The molecule has 0 spiro atoms. The lowest BCUT2D eigenvalue weighted by molar-refractivity contribution is 0.293. The molecule has 1 aromatic rings. The highest BCUT2D eigenvalue weighted by Gasteiger charge is 2.36. The zero-order valence-corrected chi connectivity index (χ0v) is 12.0. The minimum atomic E-state index is -4.67. The van der Waals surface area contributed by atoms with Crippen LogP contribution in [0.25, 0.3) is 0 Å². The molecule has 0 saturated carbocycles. The van der Waals surface area contributed by atoms with E-state index >= 15 is 0 Å². The van der Waals surface area contributed by atoms with E-state index in [1.807, 2.05) is 0 Å². The van der Waals surface area contributed by atoms with Crippen LogP contribution in [0.15, 0.2) is 11.0 Å². The first-order valence-corrected chi connectivity index (χ1v) is 7.72. The Labute approximate surface area is 119 Å². The SMILES string of the molecule is CN(C1CCNCC1)S(=O)(=O)c1c(F)c(F)cc(F)c1F. The van der Waals surface area contributed by atoms with Gasteiger partial charge in [-0.1, -0.05) is 0 Å². The Morgan fingerprint density at radius 1 is 1.10 bits per heavy atom. The molecular formula is C12H14F4N2O2S. The van der Waals surface area contributed by atoms with E-state index in [4.69, 9.17) is 0 Å². The number of sulfonamides is 1. The summed E-state index contributed by atoms with van der Waals surface area (Å²) < 4.78 is 79.0. The van der Waals surface area contributed by atoms with E-state index in [1.54, 1.807) is 0 Å². The third kappa shape index (κ3) is 2.90. The summed E-state index contributed by atoms with van der Waals surface area (Å²) in [6, 6.07) is -0.504.